The van der Waals surface area contributed by atoms with Crippen LogP contribution >= 0.6 is 0 Å². The van der Waals surface area contributed by atoms with E-state index in [4.69, 9.17) is 9.47 Å². The monoisotopic (exact) mass is 193 g/mol. The number of amides is 1. The molecule has 1 aliphatic heterocycles. The summed E-state index contributed by atoms with van der Waals surface area (Å²) in [4.78, 5) is 11.3. The zero-order chi connectivity index (χ0) is 9.97. The van der Waals surface area contributed by atoms with E-state index in [1.807, 2.05) is 24.3 Å². The van der Waals surface area contributed by atoms with E-state index >= 15 is 0 Å². The number of hydrogen-bond donors (Lipinski definition) is 0. The van der Waals surface area contributed by atoms with Gasteiger partial charge in [0.25, 0.3) is 6.40 Å². The SMILES string of the molecule is COC1C=C[C-]([N+]2=COCC2=O)C=C1. The van der Waals surface area contributed by atoms with Crippen LogP contribution in [0.4, 0.5) is 0 Å². The molecule has 0 aromatic heterocycles. The van der Waals surface area contributed by atoms with Crippen LogP contribution in [0, 0.1) is 6.04 Å². The van der Waals surface area contributed by atoms with Gasteiger partial charge < -0.3 is 9.47 Å². The molecule has 0 bridgehead atoms. The molecular weight excluding hydrogens is 182 g/mol. The molecule has 0 unspecified atom stereocenters. The molecule has 4 heteroatoms. The molecule has 1 aliphatic carbocycles. The summed E-state index contributed by atoms with van der Waals surface area (Å²) in [6.07, 6.45) is 8.88. The van der Waals surface area contributed by atoms with Crippen LogP contribution in [0.3, 0.4) is 0 Å². The van der Waals surface area contributed by atoms with Crippen LogP contribution in [0.2, 0.25) is 0 Å². The minimum atomic E-state index is -0.0508. The fourth-order valence-electron chi connectivity index (χ4n) is 1.34. The third-order valence-electron chi connectivity index (χ3n) is 2.12. The molecule has 0 aromatic rings. The molecule has 0 saturated carbocycles. The number of rotatable bonds is 2. The molecule has 0 atom stereocenters. The van der Waals surface area contributed by atoms with E-state index in [1.54, 1.807) is 7.11 Å². The van der Waals surface area contributed by atoms with Crippen LogP contribution in [-0.4, -0.2) is 36.7 Å². The molecule has 0 N–H and O–H groups in total. The lowest BCUT2D eigenvalue weighted by molar-refractivity contribution is -0.411. The summed E-state index contributed by atoms with van der Waals surface area (Å²) in [5, 5.41) is 0. The van der Waals surface area contributed by atoms with Crippen LogP contribution in [0.25, 0.3) is 0 Å². The molecule has 2 rings (SSSR count). The van der Waals surface area contributed by atoms with Crippen molar-refractivity contribution in [2.24, 2.45) is 0 Å². The van der Waals surface area contributed by atoms with Gasteiger partial charge in [0.15, 0.2) is 6.61 Å². The summed E-state index contributed by atoms with van der Waals surface area (Å²) in [6.45, 7) is 0.124. The van der Waals surface area contributed by atoms with Crippen molar-refractivity contribution in [2.45, 2.75) is 6.10 Å². The Bertz CT molecular complexity index is 316. The van der Waals surface area contributed by atoms with Crippen LogP contribution < -0.4 is 0 Å². The molecule has 4 nitrogen and oxygen atoms in total. The zero-order valence-electron chi connectivity index (χ0n) is 7.84. The van der Waals surface area contributed by atoms with Gasteiger partial charge in [0.2, 0.25) is 0 Å². The lowest BCUT2D eigenvalue weighted by Crippen LogP contribution is -2.23. The van der Waals surface area contributed by atoms with Crippen molar-refractivity contribution in [1.29, 1.82) is 0 Å². The molecule has 14 heavy (non-hydrogen) atoms. The van der Waals surface area contributed by atoms with Gasteiger partial charge in [0.05, 0.1) is 0 Å². The predicted molar refractivity (Wildman–Crippen MR) is 49.6 cm³/mol. The van der Waals surface area contributed by atoms with E-state index in [2.05, 4.69) is 0 Å². The Hall–Kier alpha value is -1.55. The predicted octanol–water partition coefficient (Wildman–Crippen LogP) is 0.257. The van der Waals surface area contributed by atoms with E-state index in [9.17, 15) is 4.79 Å². The van der Waals surface area contributed by atoms with Crippen molar-refractivity contribution in [3.05, 3.63) is 30.3 Å². The molecule has 0 radical (unpaired) electrons. The molecule has 0 saturated heterocycles. The molecule has 1 amide bonds. The first-order chi connectivity index (χ1) is 6.81. The molecule has 1 heterocycles. The summed E-state index contributed by atoms with van der Waals surface area (Å²) in [7, 11) is 1.64. The molecule has 0 aromatic carbocycles. The van der Waals surface area contributed by atoms with Gasteiger partial charge in [-0.15, -0.1) is 12.2 Å². The van der Waals surface area contributed by atoms with Gasteiger partial charge in [-0.2, -0.15) is 4.58 Å². The second-order valence-electron chi connectivity index (χ2n) is 3.02. The number of ether oxygens (including phenoxy) is 2. The van der Waals surface area contributed by atoms with Gasteiger partial charge >= 0.3 is 5.91 Å². The van der Waals surface area contributed by atoms with Crippen molar-refractivity contribution >= 4 is 12.3 Å². The molecule has 74 valence electrons. The van der Waals surface area contributed by atoms with Gasteiger partial charge in [-0.25, -0.2) is 0 Å². The van der Waals surface area contributed by atoms with Crippen LogP contribution in [-0.2, 0) is 14.3 Å². The fraction of sp³-hybridized carbons (Fsp3) is 0.300. The minimum absolute atomic E-state index is 0.00243. The summed E-state index contributed by atoms with van der Waals surface area (Å²) < 4.78 is 11.5. The number of carbonyl (C=O) groups is 1. The summed E-state index contributed by atoms with van der Waals surface area (Å²) in [6, 6.07) is 0.806. The lowest BCUT2D eigenvalue weighted by Gasteiger charge is -2.16. The second kappa shape index (κ2) is 3.67. The molecule has 2 aliphatic rings. The maximum absolute atomic E-state index is 11.3. The fourth-order valence-corrected chi connectivity index (χ4v) is 1.34. The van der Waals surface area contributed by atoms with Crippen LogP contribution in [0.5, 0.6) is 0 Å². The molecule has 0 spiro atoms. The van der Waals surface area contributed by atoms with Crippen LogP contribution in [0.1, 0.15) is 0 Å². The number of methoxy groups -OCH3 is 1. The van der Waals surface area contributed by atoms with E-state index in [0.29, 0.717) is 0 Å². The Morgan fingerprint density at radius 3 is 2.79 bits per heavy atom. The van der Waals surface area contributed by atoms with Gasteiger partial charge in [0, 0.05) is 13.2 Å². The average molecular weight is 193 g/mol. The van der Waals surface area contributed by atoms with Gasteiger partial charge in [-0.05, 0) is 0 Å². The average Bonchev–Trinajstić information content (AvgIpc) is 2.65. The number of hydrogen-bond acceptors (Lipinski definition) is 3. The van der Waals surface area contributed by atoms with E-state index in [-0.39, 0.29) is 18.6 Å². The first-order valence-corrected chi connectivity index (χ1v) is 4.34. The highest BCUT2D eigenvalue weighted by molar-refractivity contribution is 5.77. The Balaban J connectivity index is 2.09. The first kappa shape index (κ1) is 9.02. The maximum Gasteiger partial charge on any atom is 0.367 e. The molecule has 0 fully saturated rings. The highest BCUT2D eigenvalue weighted by atomic mass is 16.5. The van der Waals surface area contributed by atoms with Crippen molar-refractivity contribution < 1.29 is 18.8 Å². The van der Waals surface area contributed by atoms with Crippen LogP contribution in [0.15, 0.2) is 24.3 Å². The second-order valence-corrected chi connectivity index (χ2v) is 3.02. The van der Waals surface area contributed by atoms with Crippen molar-refractivity contribution in [3.63, 3.8) is 0 Å². The van der Waals surface area contributed by atoms with E-state index in [1.165, 1.54) is 11.0 Å². The Morgan fingerprint density at radius 1 is 1.57 bits per heavy atom. The van der Waals surface area contributed by atoms with Crippen molar-refractivity contribution in [1.82, 2.24) is 0 Å². The Kier molecular flexibility index (Phi) is 2.37. The molecular formula is C10H11NO3. The third kappa shape index (κ3) is 1.56. The van der Waals surface area contributed by atoms with Gasteiger partial charge in [0.1, 0.15) is 6.04 Å². The minimum Gasteiger partial charge on any atom is -0.477 e. The van der Waals surface area contributed by atoms with E-state index in [0.717, 1.165) is 6.04 Å². The quantitative estimate of drug-likeness (QED) is 0.466. The number of carbonyl (C=O) groups excluding carboxylic acids is 1. The zero-order valence-corrected chi connectivity index (χ0v) is 7.84. The maximum atomic E-state index is 11.3. The van der Waals surface area contributed by atoms with Gasteiger partial charge in [-0.3, -0.25) is 4.79 Å². The topological polar surface area (TPSA) is 38.5 Å². The smallest absolute Gasteiger partial charge is 0.367 e. The lowest BCUT2D eigenvalue weighted by atomic mass is 10.1. The first-order valence-electron chi connectivity index (χ1n) is 4.34. The number of nitrogens with zero attached hydrogens (tertiary/aromatic N) is 1. The Morgan fingerprint density at radius 2 is 2.29 bits per heavy atom. The van der Waals surface area contributed by atoms with E-state index < -0.39 is 0 Å². The highest BCUT2D eigenvalue weighted by Gasteiger charge is 2.25. The largest absolute Gasteiger partial charge is 0.477 e. The third-order valence-corrected chi connectivity index (χ3v) is 2.12. The Labute approximate surface area is 82.1 Å². The summed E-state index contributed by atoms with van der Waals surface area (Å²) in [5.74, 6) is -0.0508. The van der Waals surface area contributed by atoms with Gasteiger partial charge in [-0.1, -0.05) is 12.2 Å². The summed E-state index contributed by atoms with van der Waals surface area (Å²) >= 11 is 0. The summed E-state index contributed by atoms with van der Waals surface area (Å²) in [5.41, 5.74) is 0. The van der Waals surface area contributed by atoms with Crippen molar-refractivity contribution in [2.75, 3.05) is 13.7 Å². The van der Waals surface area contributed by atoms with Crippen molar-refractivity contribution in [3.8, 4) is 0 Å². The standard InChI is InChI=1S/C10H11NO3/c1-13-9-4-2-8(3-5-9)11-7-14-6-10(11)12/h2-5,7,9H,6H2,1H3. The highest BCUT2D eigenvalue weighted by Crippen LogP contribution is 2.16. The normalized spacial score (nSPS) is 21.4.